The first kappa shape index (κ1) is 30.3. The molecule has 2 saturated heterocycles. The molecular weight excluding hydrogens is 593 g/mol. The van der Waals surface area contributed by atoms with Gasteiger partial charge in [-0.2, -0.15) is 15.1 Å². The Bertz CT molecular complexity index is 1720. The zero-order valence-electron chi connectivity index (χ0n) is 26.2. The van der Waals surface area contributed by atoms with Crippen LogP contribution in [0.4, 0.5) is 10.2 Å². The molecule has 1 N–H and O–H groups in total. The summed E-state index contributed by atoms with van der Waals surface area (Å²) in [6.45, 7) is 14.5. The Balaban J connectivity index is 1.30. The van der Waals surface area contributed by atoms with Crippen LogP contribution in [-0.2, 0) is 4.74 Å². The van der Waals surface area contributed by atoms with Gasteiger partial charge in [0.25, 0.3) is 0 Å². The largest absolute Gasteiger partial charge is 0.460 e. The monoisotopic (exact) mass is 633 g/mol. The fraction of sp³-hybridized carbons (Fsp3) is 0.500. The third-order valence-electron chi connectivity index (χ3n) is 9.62. The number of H-pyrrole nitrogens is 1. The molecule has 238 valence electrons. The van der Waals surface area contributed by atoms with Crippen LogP contribution >= 0.6 is 11.6 Å². The zero-order valence-corrected chi connectivity index (χ0v) is 27.0. The number of rotatable bonds is 9. The van der Waals surface area contributed by atoms with E-state index in [9.17, 15) is 0 Å². The number of hydrogen-bond donors (Lipinski definition) is 1. The van der Waals surface area contributed by atoms with Crippen molar-refractivity contribution in [3.63, 3.8) is 0 Å². The van der Waals surface area contributed by atoms with Crippen molar-refractivity contribution in [3.05, 3.63) is 53.5 Å². The van der Waals surface area contributed by atoms with Gasteiger partial charge in [0.2, 0.25) is 0 Å². The number of nitrogens with one attached hydrogen (secondary N) is 1. The first-order chi connectivity index (χ1) is 21.8. The first-order valence-electron chi connectivity index (χ1n) is 16.0. The van der Waals surface area contributed by atoms with E-state index >= 15 is 4.39 Å². The number of halogens is 2. The quantitative estimate of drug-likeness (QED) is 0.169. The average Bonchev–Trinajstić information content (AvgIpc) is 3.77. The molecule has 3 aliphatic rings. The molecule has 0 amide bonds. The van der Waals surface area contributed by atoms with Crippen molar-refractivity contribution in [2.75, 3.05) is 44.4 Å². The molecular formula is C34H41ClFN7O2. The predicted octanol–water partition coefficient (Wildman–Crippen LogP) is 6.34. The normalized spacial score (nSPS) is 22.0. The number of hydrogen-bond acceptors (Lipinski definition) is 8. The smallest absolute Gasteiger partial charge is 0.319 e. The molecule has 2 atom stereocenters. The van der Waals surface area contributed by atoms with Gasteiger partial charge in [-0.1, -0.05) is 23.7 Å². The van der Waals surface area contributed by atoms with Crippen LogP contribution in [0.25, 0.3) is 32.9 Å². The van der Waals surface area contributed by atoms with E-state index in [1.165, 1.54) is 12.8 Å². The lowest BCUT2D eigenvalue weighted by Gasteiger charge is -2.44. The Labute approximate surface area is 268 Å². The highest BCUT2D eigenvalue weighted by Gasteiger charge is 2.35. The number of aromatic amines is 1. The van der Waals surface area contributed by atoms with E-state index in [4.69, 9.17) is 31.0 Å². The first-order valence-corrected chi connectivity index (χ1v) is 16.4. The van der Waals surface area contributed by atoms with Gasteiger partial charge in [-0.15, -0.1) is 6.58 Å². The summed E-state index contributed by atoms with van der Waals surface area (Å²) in [6.07, 6.45) is 7.85. The molecule has 7 rings (SSSR count). The summed E-state index contributed by atoms with van der Waals surface area (Å²) in [5.41, 5.74) is 2.94. The van der Waals surface area contributed by atoms with Crippen molar-refractivity contribution in [2.24, 2.45) is 0 Å². The van der Waals surface area contributed by atoms with Crippen LogP contribution < -0.4 is 9.64 Å². The van der Waals surface area contributed by atoms with Gasteiger partial charge >= 0.3 is 6.01 Å². The summed E-state index contributed by atoms with van der Waals surface area (Å²) in [4.78, 5) is 16.8. The molecule has 9 nitrogen and oxygen atoms in total. The van der Waals surface area contributed by atoms with E-state index in [-0.39, 0.29) is 29.7 Å². The maximum atomic E-state index is 17.0. The summed E-state index contributed by atoms with van der Waals surface area (Å²) >= 11 is 6.98. The van der Waals surface area contributed by atoms with Crippen LogP contribution in [0.1, 0.15) is 45.1 Å². The van der Waals surface area contributed by atoms with Crippen LogP contribution in [0.5, 0.6) is 6.01 Å². The lowest BCUT2D eigenvalue weighted by molar-refractivity contribution is 0.00901. The Morgan fingerprint density at radius 1 is 1.07 bits per heavy atom. The van der Waals surface area contributed by atoms with Crippen molar-refractivity contribution in [1.82, 2.24) is 30.0 Å². The SMILES string of the molecule is C=CCOCN1C[C@H](C)N(c2nc(OC3CCN(C4CC4)CC3)nc3c(F)c(-c4c(C)ccc5[nH]ncc45)c(Cl)cc23)C[C@H]1C. The highest BCUT2D eigenvalue weighted by molar-refractivity contribution is 6.35. The van der Waals surface area contributed by atoms with Gasteiger partial charge in [-0.05, 0) is 64.2 Å². The van der Waals surface area contributed by atoms with Gasteiger partial charge in [-0.3, -0.25) is 10.00 Å². The minimum absolute atomic E-state index is 0.0164. The van der Waals surface area contributed by atoms with Crippen molar-refractivity contribution < 1.29 is 13.9 Å². The zero-order chi connectivity index (χ0) is 31.2. The molecule has 45 heavy (non-hydrogen) atoms. The van der Waals surface area contributed by atoms with Crippen LogP contribution in [0.15, 0.2) is 37.1 Å². The highest BCUT2D eigenvalue weighted by atomic mass is 35.5. The minimum Gasteiger partial charge on any atom is -0.460 e. The average molecular weight is 634 g/mol. The van der Waals surface area contributed by atoms with E-state index in [1.807, 2.05) is 25.1 Å². The summed E-state index contributed by atoms with van der Waals surface area (Å²) in [7, 11) is 0. The van der Waals surface area contributed by atoms with Gasteiger partial charge in [-0.25, -0.2) is 4.39 Å². The van der Waals surface area contributed by atoms with E-state index in [1.54, 1.807) is 12.3 Å². The maximum Gasteiger partial charge on any atom is 0.319 e. The second-order valence-electron chi connectivity index (χ2n) is 12.9. The van der Waals surface area contributed by atoms with Crippen molar-refractivity contribution >= 4 is 39.2 Å². The van der Waals surface area contributed by atoms with E-state index in [0.29, 0.717) is 47.2 Å². The molecule has 0 unspecified atom stereocenters. The Morgan fingerprint density at radius 3 is 2.62 bits per heavy atom. The molecule has 2 aromatic heterocycles. The van der Waals surface area contributed by atoms with Crippen molar-refractivity contribution in [1.29, 1.82) is 0 Å². The van der Waals surface area contributed by atoms with Gasteiger partial charge < -0.3 is 19.3 Å². The van der Waals surface area contributed by atoms with E-state index in [0.717, 1.165) is 55.0 Å². The molecule has 2 aliphatic heterocycles. The number of piperidine rings is 1. The third-order valence-corrected chi connectivity index (χ3v) is 9.91. The standard InChI is InChI=1S/C34H41ClFN7O2/c1-5-14-44-19-42-17-22(4)43(18-21(42)3)33-25-15-27(35)30(29-20(2)6-9-28-26(29)16-37-40-28)31(36)32(25)38-34(39-33)45-24-10-12-41(13-11-24)23-7-8-23/h5-6,9,15-16,21-24H,1,7-8,10-14,17-19H2,2-4H3,(H,37,40)/t21-,22+/m1/s1. The number of ether oxygens (including phenoxy) is 2. The number of fused-ring (bicyclic) bond motifs is 2. The Kier molecular flexibility index (Phi) is 8.41. The molecule has 3 fully saturated rings. The van der Waals surface area contributed by atoms with Gasteiger partial charge in [0.15, 0.2) is 5.82 Å². The third kappa shape index (κ3) is 5.89. The molecule has 4 heterocycles. The Morgan fingerprint density at radius 2 is 1.87 bits per heavy atom. The number of anilines is 1. The number of nitrogens with zero attached hydrogens (tertiary/aromatic N) is 6. The number of aryl methyl sites for hydroxylation is 1. The summed E-state index contributed by atoms with van der Waals surface area (Å²) in [6, 6.07) is 6.91. The molecule has 1 saturated carbocycles. The fourth-order valence-electron chi connectivity index (χ4n) is 6.99. The summed E-state index contributed by atoms with van der Waals surface area (Å²) in [5, 5.41) is 8.88. The fourth-order valence-corrected chi connectivity index (χ4v) is 7.28. The second-order valence-corrected chi connectivity index (χ2v) is 13.3. The van der Waals surface area contributed by atoms with Crippen molar-refractivity contribution in [3.8, 4) is 17.1 Å². The molecule has 0 bridgehead atoms. The topological polar surface area (TPSA) is 82.6 Å². The molecule has 2 aromatic carbocycles. The van der Waals surface area contributed by atoms with Crippen LogP contribution in [0.3, 0.4) is 0 Å². The molecule has 11 heteroatoms. The molecule has 1 aliphatic carbocycles. The minimum atomic E-state index is -0.483. The number of aromatic nitrogens is 4. The number of piperazine rings is 1. The van der Waals surface area contributed by atoms with Crippen LogP contribution in [0.2, 0.25) is 5.02 Å². The second kappa shape index (κ2) is 12.5. The Hall–Kier alpha value is -3.31. The van der Waals surface area contributed by atoms with Crippen LogP contribution in [-0.4, -0.2) is 93.7 Å². The number of benzene rings is 2. The number of likely N-dealkylation sites (tertiary alicyclic amines) is 1. The van der Waals surface area contributed by atoms with E-state index in [2.05, 4.69) is 45.3 Å². The van der Waals surface area contributed by atoms with Gasteiger partial charge in [0.05, 0.1) is 30.1 Å². The van der Waals surface area contributed by atoms with Crippen LogP contribution in [0, 0.1) is 12.7 Å². The molecule has 4 aromatic rings. The summed E-state index contributed by atoms with van der Waals surface area (Å²) < 4.78 is 29.2. The molecule has 0 radical (unpaired) electrons. The van der Waals surface area contributed by atoms with Crippen molar-refractivity contribution in [2.45, 2.75) is 70.7 Å². The lowest BCUT2D eigenvalue weighted by atomic mass is 9.95. The lowest BCUT2D eigenvalue weighted by Crippen LogP contribution is -2.57. The highest BCUT2D eigenvalue weighted by Crippen LogP contribution is 2.43. The van der Waals surface area contributed by atoms with Gasteiger partial charge in [0.1, 0.15) is 17.4 Å². The van der Waals surface area contributed by atoms with Gasteiger partial charge in [0, 0.05) is 66.2 Å². The maximum absolute atomic E-state index is 17.0. The predicted molar refractivity (Wildman–Crippen MR) is 177 cm³/mol. The molecule has 0 spiro atoms. The van der Waals surface area contributed by atoms with E-state index < -0.39 is 5.82 Å². The summed E-state index contributed by atoms with van der Waals surface area (Å²) in [5.74, 6) is 0.158.